The minimum atomic E-state index is 0.566. The Kier molecular flexibility index (Phi) is 8.97. The third-order valence-electron chi connectivity index (χ3n) is 11.3. The van der Waals surface area contributed by atoms with Crippen LogP contribution in [0.4, 0.5) is 0 Å². The number of benzene rings is 6. The van der Waals surface area contributed by atoms with Crippen molar-refractivity contribution in [3.05, 3.63) is 174 Å². The van der Waals surface area contributed by atoms with Crippen LogP contribution in [0.3, 0.4) is 0 Å². The summed E-state index contributed by atoms with van der Waals surface area (Å²) in [5.74, 6) is 1.80. The largest absolute Gasteiger partial charge is 0.310 e. The van der Waals surface area contributed by atoms with E-state index in [1.54, 1.807) is 0 Å². The molecule has 0 atom stereocenters. The number of hydrogen-bond acceptors (Lipinski definition) is 3. The summed E-state index contributed by atoms with van der Waals surface area (Å²) in [6.45, 7) is 4.44. The maximum absolute atomic E-state index is 5.36. The van der Waals surface area contributed by atoms with Crippen LogP contribution in [-0.4, -0.2) is 63.3 Å². The molecule has 3 aromatic heterocycles. The van der Waals surface area contributed by atoms with E-state index in [-0.39, 0.29) is 0 Å². The van der Waals surface area contributed by atoms with E-state index in [1.807, 2.05) is 24.3 Å². The zero-order valence-electron chi connectivity index (χ0n) is 32.5. The molecule has 0 saturated heterocycles. The predicted molar refractivity (Wildman–Crippen MR) is 250 cm³/mol. The lowest BCUT2D eigenvalue weighted by Crippen LogP contribution is -2.09. The highest BCUT2D eigenvalue weighted by Crippen LogP contribution is 2.43. The van der Waals surface area contributed by atoms with Gasteiger partial charge >= 0.3 is 0 Å². The third-order valence-corrected chi connectivity index (χ3v) is 11.3. The maximum Gasteiger partial charge on any atom is 0.238 e. The molecule has 0 amide bonds. The standard InChI is InChI=1S/C46H38B5N5/c1-27(48)40(50)43(41(51)35(49)26-47)56-36-22-12-10-19-31(36)32-24-25-38-39(42(32)56)34-21-11-13-23-37(34)55(38)46-53-44(29-16-6-3-7-17-29)52-45(54-46)33-20-9-8-18-30(33)28-14-4-2-5-15-28/h2-25H,1,26,47-51H2/b41-35-,43-40-. The highest BCUT2D eigenvalue weighted by Gasteiger charge is 2.25. The summed E-state index contributed by atoms with van der Waals surface area (Å²) in [5, 5.41) is 4.69. The number of rotatable bonds is 8. The highest BCUT2D eigenvalue weighted by molar-refractivity contribution is 6.45. The van der Waals surface area contributed by atoms with Gasteiger partial charge < -0.3 is 4.57 Å². The molecule has 3 heterocycles. The van der Waals surface area contributed by atoms with Gasteiger partial charge in [-0.1, -0.05) is 145 Å². The van der Waals surface area contributed by atoms with Gasteiger partial charge in [-0.15, -0.1) is 17.5 Å². The van der Waals surface area contributed by atoms with Crippen molar-refractivity contribution >= 4 is 88.5 Å². The van der Waals surface area contributed by atoms with Gasteiger partial charge in [0.15, 0.2) is 11.6 Å². The van der Waals surface area contributed by atoms with Gasteiger partial charge in [0.1, 0.15) is 39.2 Å². The van der Waals surface area contributed by atoms with Gasteiger partial charge in [0.05, 0.1) is 22.1 Å². The summed E-state index contributed by atoms with van der Waals surface area (Å²) in [6, 6.07) is 50.9. The monoisotopic (exact) mass is 715 g/mol. The Hall–Kier alpha value is -6.53. The van der Waals surface area contributed by atoms with Gasteiger partial charge in [-0.3, -0.25) is 4.57 Å². The molecule has 0 aliphatic heterocycles. The number of hydrogen-bond donors (Lipinski definition) is 0. The molecule has 0 spiro atoms. The van der Waals surface area contributed by atoms with Crippen LogP contribution < -0.4 is 0 Å². The number of nitrogens with zero attached hydrogens (tertiary/aromatic N) is 5. The van der Waals surface area contributed by atoms with E-state index in [1.165, 1.54) is 32.9 Å². The number of para-hydroxylation sites is 2. The van der Waals surface area contributed by atoms with Crippen LogP contribution in [-0.2, 0) is 0 Å². The van der Waals surface area contributed by atoms with Crippen LogP contribution in [0, 0.1) is 0 Å². The molecule has 0 unspecified atom stereocenters. The van der Waals surface area contributed by atoms with E-state index in [0.717, 1.165) is 66.9 Å². The van der Waals surface area contributed by atoms with Crippen molar-refractivity contribution in [2.24, 2.45) is 0 Å². The van der Waals surface area contributed by atoms with E-state index in [2.05, 4.69) is 176 Å². The Bertz CT molecular complexity index is 3070. The molecule has 0 aliphatic carbocycles. The van der Waals surface area contributed by atoms with Gasteiger partial charge in [-0.2, -0.15) is 9.97 Å². The van der Waals surface area contributed by atoms with Gasteiger partial charge in [-0.25, -0.2) is 4.98 Å². The van der Waals surface area contributed by atoms with Gasteiger partial charge in [0.2, 0.25) is 5.95 Å². The Balaban J connectivity index is 1.43. The lowest BCUT2D eigenvalue weighted by Gasteiger charge is -2.21. The molecule has 6 aromatic carbocycles. The van der Waals surface area contributed by atoms with Crippen molar-refractivity contribution in [2.75, 3.05) is 0 Å². The summed E-state index contributed by atoms with van der Waals surface area (Å²) in [6.07, 6.45) is 0.962. The Morgan fingerprint density at radius 1 is 0.518 bits per heavy atom. The van der Waals surface area contributed by atoms with Crippen LogP contribution in [0.15, 0.2) is 174 Å². The molecule has 0 fully saturated rings. The lowest BCUT2D eigenvalue weighted by molar-refractivity contribution is 0.954. The van der Waals surface area contributed by atoms with Crippen molar-refractivity contribution < 1.29 is 0 Å². The Labute approximate surface area is 331 Å². The van der Waals surface area contributed by atoms with Gasteiger partial charge in [0, 0.05) is 38.4 Å². The van der Waals surface area contributed by atoms with Gasteiger partial charge in [0.25, 0.3) is 0 Å². The number of aromatic nitrogens is 5. The Morgan fingerprint density at radius 3 is 1.80 bits per heavy atom. The van der Waals surface area contributed by atoms with E-state index >= 15 is 0 Å². The zero-order chi connectivity index (χ0) is 38.5. The molecule has 10 heteroatoms. The fourth-order valence-electron chi connectivity index (χ4n) is 8.09. The average Bonchev–Trinajstić information content (AvgIpc) is 3.76. The Morgan fingerprint density at radius 2 is 1.11 bits per heavy atom. The summed E-state index contributed by atoms with van der Waals surface area (Å²) in [4.78, 5) is 15.8. The highest BCUT2D eigenvalue weighted by atomic mass is 15.2. The normalized spacial score (nSPS) is 12.6. The van der Waals surface area contributed by atoms with Crippen LogP contribution in [0.5, 0.6) is 0 Å². The molecule has 5 nitrogen and oxygen atoms in total. The first kappa shape index (κ1) is 35.2. The van der Waals surface area contributed by atoms with E-state index in [0.29, 0.717) is 17.6 Å². The maximum atomic E-state index is 5.36. The zero-order valence-corrected chi connectivity index (χ0v) is 32.5. The lowest BCUT2D eigenvalue weighted by atomic mass is 9.68. The first-order chi connectivity index (χ1) is 27.4. The molecule has 262 valence electrons. The summed E-state index contributed by atoms with van der Waals surface area (Å²) < 4.78 is 4.72. The quantitative estimate of drug-likeness (QED) is 0.133. The van der Waals surface area contributed by atoms with Crippen LogP contribution >= 0.6 is 0 Å². The summed E-state index contributed by atoms with van der Waals surface area (Å²) >= 11 is 0. The van der Waals surface area contributed by atoms with Gasteiger partial charge in [-0.05, 0) is 29.3 Å². The SMILES string of the molecule is BC/C(B)=C(B)\C(=C(\B)C(B)=C)n1c2ccccc2c2ccc3c(c4ccccc4n3-c3nc(-c4ccccc4)nc(-c4ccccc4-c4ccccc4)n3)c21. The molecule has 0 radical (unpaired) electrons. The number of allylic oxidation sites excluding steroid dienone is 5. The minimum absolute atomic E-state index is 0.566. The van der Waals surface area contributed by atoms with E-state index in [4.69, 9.17) is 15.0 Å². The molecule has 0 saturated carbocycles. The second kappa shape index (κ2) is 14.3. The number of fused-ring (bicyclic) bond motifs is 7. The van der Waals surface area contributed by atoms with Crippen molar-refractivity contribution in [2.45, 2.75) is 6.32 Å². The van der Waals surface area contributed by atoms with Crippen molar-refractivity contribution in [1.29, 1.82) is 0 Å². The molecular formula is C46H38B5N5. The second-order valence-corrected chi connectivity index (χ2v) is 14.6. The first-order valence-corrected chi connectivity index (χ1v) is 19.3. The molecule has 56 heavy (non-hydrogen) atoms. The fraction of sp³-hybridized carbons (Fsp3) is 0.0217. The topological polar surface area (TPSA) is 48.5 Å². The smallest absolute Gasteiger partial charge is 0.238 e. The minimum Gasteiger partial charge on any atom is -0.310 e. The van der Waals surface area contributed by atoms with Crippen LogP contribution in [0.1, 0.15) is 0 Å². The van der Waals surface area contributed by atoms with Crippen molar-refractivity contribution in [1.82, 2.24) is 24.1 Å². The fourth-order valence-corrected chi connectivity index (χ4v) is 8.09. The molecule has 9 rings (SSSR count). The van der Waals surface area contributed by atoms with Crippen LogP contribution in [0.25, 0.3) is 89.2 Å². The molecule has 9 aromatic rings. The first-order valence-electron chi connectivity index (χ1n) is 19.3. The molecule has 0 bridgehead atoms. The van der Waals surface area contributed by atoms with E-state index < -0.39 is 0 Å². The molecule has 0 N–H and O–H groups in total. The van der Waals surface area contributed by atoms with Crippen LogP contribution in [0.2, 0.25) is 6.32 Å². The second-order valence-electron chi connectivity index (χ2n) is 14.6. The molecule has 0 aliphatic rings. The summed E-state index contributed by atoms with van der Waals surface area (Å²) in [7, 11) is 11.1. The third kappa shape index (κ3) is 5.76. The summed E-state index contributed by atoms with van der Waals surface area (Å²) in [5.41, 5.74) is 14.4. The van der Waals surface area contributed by atoms with E-state index in [9.17, 15) is 0 Å². The molecular weight excluding hydrogens is 677 g/mol. The van der Waals surface area contributed by atoms with Crippen molar-refractivity contribution in [3.8, 4) is 39.9 Å². The predicted octanol–water partition coefficient (Wildman–Crippen LogP) is 6.56. The average molecular weight is 715 g/mol. The van der Waals surface area contributed by atoms with Crippen molar-refractivity contribution in [3.63, 3.8) is 0 Å².